The molecule has 3 rings (SSSR count). The molecule has 2 aromatic rings. The van der Waals surface area contributed by atoms with Crippen molar-refractivity contribution in [2.24, 2.45) is 0 Å². The molecule has 0 bridgehead atoms. The molecule has 1 amide bonds. The molecule has 2 aromatic carbocycles. The fourth-order valence-electron chi connectivity index (χ4n) is 3.37. The van der Waals surface area contributed by atoms with Crippen molar-refractivity contribution in [2.45, 2.75) is 39.3 Å². The molecule has 24 heavy (non-hydrogen) atoms. The van der Waals surface area contributed by atoms with Crippen LogP contribution in [-0.2, 0) is 11.2 Å². The second-order valence-corrected chi connectivity index (χ2v) is 6.39. The molecule has 0 radical (unpaired) electrons. The van der Waals surface area contributed by atoms with Gasteiger partial charge in [0, 0.05) is 23.0 Å². The number of amides is 1. The molecule has 1 heterocycles. The lowest BCUT2D eigenvalue weighted by Gasteiger charge is -2.30. The van der Waals surface area contributed by atoms with Crippen LogP contribution in [0.1, 0.15) is 36.7 Å². The highest BCUT2D eigenvalue weighted by molar-refractivity contribution is 5.99. The molecule has 0 unspecified atom stereocenters. The summed E-state index contributed by atoms with van der Waals surface area (Å²) in [7, 11) is 0. The predicted octanol–water partition coefficient (Wildman–Crippen LogP) is 3.67. The third-order valence-corrected chi connectivity index (χ3v) is 4.59. The van der Waals surface area contributed by atoms with Crippen LogP contribution in [0, 0.1) is 0 Å². The highest BCUT2D eigenvalue weighted by Gasteiger charge is 2.32. The molecule has 0 aromatic heterocycles. The van der Waals surface area contributed by atoms with Crippen LogP contribution in [0.2, 0.25) is 0 Å². The van der Waals surface area contributed by atoms with Crippen molar-refractivity contribution >= 4 is 23.1 Å². The lowest BCUT2D eigenvalue weighted by molar-refractivity contribution is -0.117. The first-order chi connectivity index (χ1) is 11.5. The van der Waals surface area contributed by atoms with Gasteiger partial charge in [0.15, 0.2) is 5.78 Å². The largest absolute Gasteiger partial charge is 0.357 e. The standard InChI is InChI=1S/C20H22N2O2/c1-13-11-17-7-4-5-10-19(17)22(13)14(2)20(24)21-18-9-6-8-16(12-18)15(3)23/h4-10,12-14H,11H2,1-3H3,(H,21,24)/t13-,14+/m1/s1. The van der Waals surface area contributed by atoms with E-state index >= 15 is 0 Å². The molecular formula is C20H22N2O2. The SMILES string of the molecule is CC(=O)c1cccc(NC(=O)[C@H](C)N2c3ccccc3C[C@H]2C)c1. The fraction of sp³-hybridized carbons (Fsp3) is 0.300. The van der Waals surface area contributed by atoms with Crippen molar-refractivity contribution in [3.63, 3.8) is 0 Å². The van der Waals surface area contributed by atoms with Crippen LogP contribution < -0.4 is 10.2 Å². The van der Waals surface area contributed by atoms with Crippen LogP contribution in [0.3, 0.4) is 0 Å². The summed E-state index contributed by atoms with van der Waals surface area (Å²) >= 11 is 0. The predicted molar refractivity (Wildman–Crippen MR) is 96.6 cm³/mol. The molecule has 1 aliphatic heterocycles. The number of carbonyl (C=O) groups is 2. The highest BCUT2D eigenvalue weighted by atomic mass is 16.2. The Balaban J connectivity index is 1.78. The number of nitrogens with one attached hydrogen (secondary N) is 1. The van der Waals surface area contributed by atoms with Crippen LogP contribution in [0.4, 0.5) is 11.4 Å². The van der Waals surface area contributed by atoms with Gasteiger partial charge in [0.25, 0.3) is 0 Å². The molecule has 4 heteroatoms. The van der Waals surface area contributed by atoms with E-state index in [0.717, 1.165) is 12.1 Å². The minimum absolute atomic E-state index is 0.0127. The maximum absolute atomic E-state index is 12.7. The molecule has 0 saturated heterocycles. The van der Waals surface area contributed by atoms with E-state index in [-0.39, 0.29) is 23.8 Å². The Morgan fingerprint density at radius 3 is 2.67 bits per heavy atom. The molecule has 1 aliphatic rings. The van der Waals surface area contributed by atoms with Crippen LogP contribution in [0.5, 0.6) is 0 Å². The number of nitrogens with zero attached hydrogens (tertiary/aromatic N) is 1. The summed E-state index contributed by atoms with van der Waals surface area (Å²) in [6, 6.07) is 15.3. The van der Waals surface area contributed by atoms with Crippen molar-refractivity contribution in [2.75, 3.05) is 10.2 Å². The quantitative estimate of drug-likeness (QED) is 0.874. The van der Waals surface area contributed by atoms with Gasteiger partial charge in [0.05, 0.1) is 0 Å². The van der Waals surface area contributed by atoms with Gasteiger partial charge < -0.3 is 10.2 Å². The molecule has 0 aliphatic carbocycles. The zero-order valence-corrected chi connectivity index (χ0v) is 14.2. The topological polar surface area (TPSA) is 49.4 Å². The molecule has 4 nitrogen and oxygen atoms in total. The van der Waals surface area contributed by atoms with Crippen molar-refractivity contribution in [1.82, 2.24) is 0 Å². The van der Waals surface area contributed by atoms with Crippen molar-refractivity contribution < 1.29 is 9.59 Å². The number of hydrogen-bond donors (Lipinski definition) is 1. The van der Waals surface area contributed by atoms with Gasteiger partial charge in [-0.25, -0.2) is 0 Å². The number of benzene rings is 2. The van der Waals surface area contributed by atoms with Gasteiger partial charge in [0.1, 0.15) is 6.04 Å². The van der Waals surface area contributed by atoms with E-state index in [9.17, 15) is 9.59 Å². The second-order valence-electron chi connectivity index (χ2n) is 6.39. The zero-order valence-electron chi connectivity index (χ0n) is 14.2. The van der Waals surface area contributed by atoms with Gasteiger partial charge in [0.2, 0.25) is 5.91 Å². The average Bonchev–Trinajstić information content (AvgIpc) is 2.90. The van der Waals surface area contributed by atoms with Gasteiger partial charge in [-0.2, -0.15) is 0 Å². The number of para-hydroxylation sites is 1. The number of anilines is 2. The van der Waals surface area contributed by atoms with E-state index in [0.29, 0.717) is 11.3 Å². The Kier molecular flexibility index (Phi) is 4.38. The minimum atomic E-state index is -0.287. The Morgan fingerprint density at radius 2 is 1.92 bits per heavy atom. The van der Waals surface area contributed by atoms with Crippen LogP contribution in [0.25, 0.3) is 0 Å². The Hall–Kier alpha value is -2.62. The fourth-order valence-corrected chi connectivity index (χ4v) is 3.37. The normalized spacial score (nSPS) is 17.3. The van der Waals surface area contributed by atoms with Crippen molar-refractivity contribution in [3.8, 4) is 0 Å². The lowest BCUT2D eigenvalue weighted by atomic mass is 10.1. The van der Waals surface area contributed by atoms with E-state index < -0.39 is 0 Å². The lowest BCUT2D eigenvalue weighted by Crippen LogP contribution is -2.45. The molecule has 0 spiro atoms. The number of ketones is 1. The smallest absolute Gasteiger partial charge is 0.246 e. The molecule has 2 atom stereocenters. The maximum atomic E-state index is 12.7. The number of Topliss-reactive ketones (excluding diaryl/α,β-unsaturated/α-hetero) is 1. The monoisotopic (exact) mass is 322 g/mol. The summed E-state index contributed by atoms with van der Waals surface area (Å²) in [4.78, 5) is 26.4. The molecule has 1 N–H and O–H groups in total. The summed E-state index contributed by atoms with van der Waals surface area (Å²) in [6.07, 6.45) is 0.952. The van der Waals surface area contributed by atoms with Gasteiger partial charge in [-0.15, -0.1) is 0 Å². The summed E-state index contributed by atoms with van der Waals surface area (Å²) in [5, 5.41) is 2.93. The van der Waals surface area contributed by atoms with Gasteiger partial charge in [-0.3, -0.25) is 9.59 Å². The van der Waals surface area contributed by atoms with Gasteiger partial charge in [-0.05, 0) is 51.0 Å². The summed E-state index contributed by atoms with van der Waals surface area (Å²) in [5.41, 5.74) is 3.66. The first kappa shape index (κ1) is 16.2. The maximum Gasteiger partial charge on any atom is 0.246 e. The van der Waals surface area contributed by atoms with E-state index in [1.54, 1.807) is 24.3 Å². The Labute approximate surface area is 142 Å². The third kappa shape index (κ3) is 3.04. The molecule has 124 valence electrons. The molecule has 0 saturated carbocycles. The zero-order chi connectivity index (χ0) is 17.3. The number of hydrogen-bond acceptors (Lipinski definition) is 3. The van der Waals surface area contributed by atoms with Gasteiger partial charge in [-0.1, -0.05) is 30.3 Å². The minimum Gasteiger partial charge on any atom is -0.357 e. The van der Waals surface area contributed by atoms with E-state index in [1.807, 2.05) is 19.1 Å². The number of rotatable bonds is 4. The Morgan fingerprint density at radius 1 is 1.17 bits per heavy atom. The third-order valence-electron chi connectivity index (χ3n) is 4.59. The molecular weight excluding hydrogens is 300 g/mol. The van der Waals surface area contributed by atoms with Crippen LogP contribution in [0.15, 0.2) is 48.5 Å². The average molecular weight is 322 g/mol. The van der Waals surface area contributed by atoms with Gasteiger partial charge >= 0.3 is 0 Å². The summed E-state index contributed by atoms with van der Waals surface area (Å²) in [6.45, 7) is 5.58. The number of fused-ring (bicyclic) bond motifs is 1. The number of carbonyl (C=O) groups excluding carboxylic acids is 2. The molecule has 0 fully saturated rings. The van der Waals surface area contributed by atoms with E-state index in [4.69, 9.17) is 0 Å². The van der Waals surface area contributed by atoms with E-state index in [1.165, 1.54) is 12.5 Å². The second kappa shape index (κ2) is 6.48. The highest BCUT2D eigenvalue weighted by Crippen LogP contribution is 2.33. The van der Waals surface area contributed by atoms with Crippen LogP contribution >= 0.6 is 0 Å². The summed E-state index contributed by atoms with van der Waals surface area (Å²) in [5.74, 6) is -0.0829. The summed E-state index contributed by atoms with van der Waals surface area (Å²) < 4.78 is 0. The van der Waals surface area contributed by atoms with Crippen molar-refractivity contribution in [3.05, 3.63) is 59.7 Å². The van der Waals surface area contributed by atoms with Crippen LogP contribution in [-0.4, -0.2) is 23.8 Å². The first-order valence-corrected chi connectivity index (χ1v) is 8.25. The first-order valence-electron chi connectivity index (χ1n) is 8.25. The van der Waals surface area contributed by atoms with E-state index in [2.05, 4.69) is 29.3 Å². The Bertz CT molecular complexity index is 785. The van der Waals surface area contributed by atoms with Crippen molar-refractivity contribution in [1.29, 1.82) is 0 Å².